The minimum absolute atomic E-state index is 0.585. The maximum absolute atomic E-state index is 5.75. The summed E-state index contributed by atoms with van der Waals surface area (Å²) in [5.41, 5.74) is 9.14. The lowest BCUT2D eigenvalue weighted by Crippen LogP contribution is -2.16. The predicted molar refractivity (Wildman–Crippen MR) is 84.7 cm³/mol. The summed E-state index contributed by atoms with van der Waals surface area (Å²) in [5, 5.41) is 0. The van der Waals surface area contributed by atoms with Crippen molar-refractivity contribution in [3.8, 4) is 0 Å². The highest BCUT2D eigenvalue weighted by Crippen LogP contribution is 2.25. The highest BCUT2D eigenvalue weighted by atomic mass is 79.9. The van der Waals surface area contributed by atoms with E-state index in [1.807, 2.05) is 48.3 Å². The summed E-state index contributed by atoms with van der Waals surface area (Å²) in [4.78, 5) is 6.43. The number of hydrogen-bond donors (Lipinski definition) is 1. The molecule has 102 valence electrons. The molecule has 0 saturated carbocycles. The number of fused-ring (bicyclic) bond motifs is 1. The van der Waals surface area contributed by atoms with Crippen molar-refractivity contribution in [2.45, 2.75) is 6.54 Å². The molecule has 0 atom stereocenters. The minimum atomic E-state index is 0.585. The van der Waals surface area contributed by atoms with Crippen molar-refractivity contribution in [2.24, 2.45) is 0 Å². The Bertz CT molecular complexity index is 754. The number of nitrogens with zero attached hydrogens (tertiary/aromatic N) is 2. The van der Waals surface area contributed by atoms with Crippen LogP contribution in [-0.4, -0.2) is 12.0 Å². The lowest BCUT2D eigenvalue weighted by molar-refractivity contribution is 0.582. The second-order valence-electron chi connectivity index (χ2n) is 4.67. The largest absolute Gasteiger partial charge is 0.423 e. The van der Waals surface area contributed by atoms with Crippen molar-refractivity contribution in [3.05, 3.63) is 52.5 Å². The van der Waals surface area contributed by atoms with E-state index in [-0.39, 0.29) is 0 Å². The molecule has 4 nitrogen and oxygen atoms in total. The first kappa shape index (κ1) is 13.0. The zero-order valence-electron chi connectivity index (χ0n) is 11.0. The van der Waals surface area contributed by atoms with E-state index in [4.69, 9.17) is 10.2 Å². The van der Waals surface area contributed by atoms with Gasteiger partial charge in [0.15, 0.2) is 5.58 Å². The molecule has 20 heavy (non-hydrogen) atoms. The van der Waals surface area contributed by atoms with Gasteiger partial charge in [-0.25, -0.2) is 0 Å². The summed E-state index contributed by atoms with van der Waals surface area (Å²) in [5.74, 6) is 0. The van der Waals surface area contributed by atoms with E-state index in [9.17, 15) is 0 Å². The third-order valence-electron chi connectivity index (χ3n) is 3.09. The summed E-state index contributed by atoms with van der Waals surface area (Å²) < 4.78 is 6.82. The molecule has 0 unspecified atom stereocenters. The molecule has 2 aromatic carbocycles. The fourth-order valence-electron chi connectivity index (χ4n) is 2.05. The van der Waals surface area contributed by atoms with Crippen LogP contribution in [0.5, 0.6) is 0 Å². The van der Waals surface area contributed by atoms with Crippen molar-refractivity contribution in [1.29, 1.82) is 0 Å². The maximum atomic E-state index is 5.75. The van der Waals surface area contributed by atoms with Gasteiger partial charge >= 0.3 is 0 Å². The minimum Gasteiger partial charge on any atom is -0.423 e. The number of anilines is 2. The van der Waals surface area contributed by atoms with Crippen LogP contribution in [0.1, 0.15) is 5.56 Å². The van der Waals surface area contributed by atoms with E-state index in [1.54, 1.807) is 0 Å². The molecular weight excluding hydrogens is 318 g/mol. The number of oxazole rings is 1. The van der Waals surface area contributed by atoms with Crippen LogP contribution in [-0.2, 0) is 6.54 Å². The third kappa shape index (κ3) is 2.49. The Labute approximate surface area is 125 Å². The molecule has 3 aromatic rings. The Morgan fingerprint density at radius 1 is 1.25 bits per heavy atom. The van der Waals surface area contributed by atoms with Gasteiger partial charge in [-0.15, -0.1) is 0 Å². The number of halogens is 1. The van der Waals surface area contributed by atoms with E-state index >= 15 is 0 Å². The number of hydrogen-bond acceptors (Lipinski definition) is 4. The maximum Gasteiger partial charge on any atom is 0.298 e. The summed E-state index contributed by atoms with van der Waals surface area (Å²) in [7, 11) is 1.95. The van der Waals surface area contributed by atoms with Crippen molar-refractivity contribution < 1.29 is 4.42 Å². The zero-order valence-corrected chi connectivity index (χ0v) is 12.6. The van der Waals surface area contributed by atoms with E-state index in [0.29, 0.717) is 18.2 Å². The van der Waals surface area contributed by atoms with Crippen molar-refractivity contribution in [2.75, 3.05) is 17.7 Å². The molecule has 0 bridgehead atoms. The van der Waals surface area contributed by atoms with Gasteiger partial charge in [-0.05, 0) is 29.8 Å². The number of benzene rings is 2. The molecular formula is C15H14BrN3O. The summed E-state index contributed by atoms with van der Waals surface area (Å²) >= 11 is 3.55. The fourth-order valence-corrected chi connectivity index (χ4v) is 2.46. The smallest absolute Gasteiger partial charge is 0.298 e. The van der Waals surface area contributed by atoms with Crippen LogP contribution < -0.4 is 10.6 Å². The molecule has 0 aliphatic rings. The molecule has 1 aromatic heterocycles. The van der Waals surface area contributed by atoms with Gasteiger partial charge in [-0.1, -0.05) is 34.1 Å². The van der Waals surface area contributed by atoms with E-state index in [1.165, 1.54) is 5.56 Å². The van der Waals surface area contributed by atoms with E-state index in [0.717, 1.165) is 15.6 Å². The summed E-state index contributed by atoms with van der Waals surface area (Å²) in [6.45, 7) is 0.712. The van der Waals surface area contributed by atoms with Crippen LogP contribution >= 0.6 is 15.9 Å². The molecule has 3 rings (SSSR count). The van der Waals surface area contributed by atoms with Crippen LogP contribution in [0.15, 0.2) is 51.4 Å². The second kappa shape index (κ2) is 5.17. The number of nitrogen functional groups attached to an aromatic ring is 1. The van der Waals surface area contributed by atoms with Gasteiger partial charge in [-0.2, -0.15) is 4.98 Å². The number of aromatic nitrogens is 1. The first-order chi connectivity index (χ1) is 9.63. The monoisotopic (exact) mass is 331 g/mol. The van der Waals surface area contributed by atoms with Crippen LogP contribution in [0, 0.1) is 0 Å². The Hall–Kier alpha value is -2.01. The van der Waals surface area contributed by atoms with Gasteiger partial charge in [0.1, 0.15) is 5.52 Å². The Kier molecular flexibility index (Phi) is 3.36. The van der Waals surface area contributed by atoms with Gasteiger partial charge in [0.05, 0.1) is 0 Å². The lowest BCUT2D eigenvalue weighted by atomic mass is 10.2. The zero-order chi connectivity index (χ0) is 14.1. The quantitative estimate of drug-likeness (QED) is 0.741. The van der Waals surface area contributed by atoms with Crippen LogP contribution in [0.3, 0.4) is 0 Å². The normalized spacial score (nSPS) is 10.9. The van der Waals surface area contributed by atoms with Crippen molar-refractivity contribution in [1.82, 2.24) is 4.98 Å². The molecule has 0 fully saturated rings. The molecule has 0 amide bonds. The van der Waals surface area contributed by atoms with Crippen LogP contribution in [0.4, 0.5) is 11.7 Å². The molecule has 5 heteroatoms. The first-order valence-corrected chi connectivity index (χ1v) is 7.03. The highest BCUT2D eigenvalue weighted by Gasteiger charge is 2.12. The second-order valence-corrected chi connectivity index (χ2v) is 5.53. The van der Waals surface area contributed by atoms with Gasteiger partial charge < -0.3 is 15.1 Å². The Morgan fingerprint density at radius 2 is 2.05 bits per heavy atom. The molecule has 0 saturated heterocycles. The van der Waals surface area contributed by atoms with E-state index in [2.05, 4.69) is 27.0 Å². The molecule has 2 N–H and O–H groups in total. The van der Waals surface area contributed by atoms with Crippen molar-refractivity contribution >= 4 is 38.7 Å². The molecule has 0 radical (unpaired) electrons. The topological polar surface area (TPSA) is 55.3 Å². The molecule has 0 aliphatic carbocycles. The Balaban J connectivity index is 1.89. The molecule has 0 spiro atoms. The summed E-state index contributed by atoms with van der Waals surface area (Å²) in [6, 6.07) is 14.2. The van der Waals surface area contributed by atoms with Crippen LogP contribution in [0.2, 0.25) is 0 Å². The predicted octanol–water partition coefficient (Wildman–Crippen LogP) is 3.81. The fraction of sp³-hybridized carbons (Fsp3) is 0.133. The molecule has 0 aliphatic heterocycles. The van der Waals surface area contributed by atoms with Gasteiger partial charge in [0, 0.05) is 23.8 Å². The summed E-state index contributed by atoms with van der Waals surface area (Å²) in [6.07, 6.45) is 0. The van der Waals surface area contributed by atoms with Gasteiger partial charge in [0.25, 0.3) is 6.01 Å². The third-order valence-corrected chi connectivity index (χ3v) is 3.87. The average Bonchev–Trinajstić information content (AvgIpc) is 2.84. The van der Waals surface area contributed by atoms with E-state index < -0.39 is 0 Å². The van der Waals surface area contributed by atoms with Gasteiger partial charge in [0.2, 0.25) is 0 Å². The SMILES string of the molecule is CN(Cc1ccccc1Br)c1nc2cc(N)ccc2o1. The van der Waals surface area contributed by atoms with Crippen molar-refractivity contribution in [3.63, 3.8) is 0 Å². The standard InChI is InChI=1S/C15H14BrN3O/c1-19(9-10-4-2-3-5-12(10)16)15-18-13-8-11(17)6-7-14(13)20-15/h2-8H,9,17H2,1H3. The first-order valence-electron chi connectivity index (χ1n) is 6.24. The number of rotatable bonds is 3. The number of nitrogens with two attached hydrogens (primary N) is 1. The molecule has 1 heterocycles. The highest BCUT2D eigenvalue weighted by molar-refractivity contribution is 9.10. The van der Waals surface area contributed by atoms with Crippen LogP contribution in [0.25, 0.3) is 11.1 Å². The lowest BCUT2D eigenvalue weighted by Gasteiger charge is -2.15. The van der Waals surface area contributed by atoms with Gasteiger partial charge in [-0.3, -0.25) is 0 Å². The Morgan fingerprint density at radius 3 is 2.85 bits per heavy atom. The average molecular weight is 332 g/mol.